The number of carboxylic acid groups (broad SMARTS) is 1. The number of carbonyl (C=O) groups excluding carboxylic acids is 1. The summed E-state index contributed by atoms with van der Waals surface area (Å²) in [5.41, 5.74) is 0. The van der Waals surface area contributed by atoms with Gasteiger partial charge in [-0.05, 0) is 70.1 Å². The van der Waals surface area contributed by atoms with E-state index in [1.165, 1.54) is 0 Å². The number of amides is 1. The highest BCUT2D eigenvalue weighted by molar-refractivity contribution is 5.80. The fourth-order valence-electron chi connectivity index (χ4n) is 4.95. The largest absolute Gasteiger partial charge is 0.481 e. The Morgan fingerprint density at radius 2 is 1.62 bits per heavy atom. The monoisotopic (exact) mass is 366 g/mol. The molecule has 3 fully saturated rings. The summed E-state index contributed by atoms with van der Waals surface area (Å²) in [7, 11) is 0. The van der Waals surface area contributed by atoms with Crippen molar-refractivity contribution in [3.63, 3.8) is 0 Å². The molecule has 148 valence electrons. The van der Waals surface area contributed by atoms with E-state index in [9.17, 15) is 9.59 Å². The zero-order valence-electron chi connectivity index (χ0n) is 15.7. The molecular formula is C19H34N4O3. The summed E-state index contributed by atoms with van der Waals surface area (Å²) in [4.78, 5) is 26.8. The SMILES string of the molecule is O=C(O)CCC(C(=O)N1CCNCC1C1CCNCC1)C1CCNCC1. The second kappa shape index (κ2) is 9.67. The van der Waals surface area contributed by atoms with E-state index in [-0.39, 0.29) is 24.3 Å². The van der Waals surface area contributed by atoms with Gasteiger partial charge >= 0.3 is 5.97 Å². The van der Waals surface area contributed by atoms with Gasteiger partial charge in [0, 0.05) is 38.0 Å². The number of piperidine rings is 2. The molecule has 2 unspecified atom stereocenters. The van der Waals surface area contributed by atoms with Crippen molar-refractivity contribution in [3.05, 3.63) is 0 Å². The third kappa shape index (κ3) is 4.96. The number of rotatable bonds is 6. The molecule has 0 aliphatic carbocycles. The van der Waals surface area contributed by atoms with Crippen LogP contribution in [0.3, 0.4) is 0 Å². The molecule has 0 aromatic carbocycles. The summed E-state index contributed by atoms with van der Waals surface area (Å²) < 4.78 is 0. The molecule has 0 aromatic rings. The zero-order chi connectivity index (χ0) is 18.4. The first kappa shape index (κ1) is 19.6. The van der Waals surface area contributed by atoms with Gasteiger partial charge < -0.3 is 26.0 Å². The minimum atomic E-state index is -0.799. The summed E-state index contributed by atoms with van der Waals surface area (Å²) in [5, 5.41) is 19.4. The van der Waals surface area contributed by atoms with Gasteiger partial charge in [-0.25, -0.2) is 0 Å². The van der Waals surface area contributed by atoms with Gasteiger partial charge in [0.1, 0.15) is 0 Å². The number of carbonyl (C=O) groups is 2. The topological polar surface area (TPSA) is 93.7 Å². The number of nitrogens with zero attached hydrogens (tertiary/aromatic N) is 1. The summed E-state index contributed by atoms with van der Waals surface area (Å²) >= 11 is 0. The molecule has 7 heteroatoms. The minimum Gasteiger partial charge on any atom is -0.481 e. The normalized spacial score (nSPS) is 27.2. The van der Waals surface area contributed by atoms with E-state index < -0.39 is 5.97 Å². The quantitative estimate of drug-likeness (QED) is 0.539. The fourth-order valence-corrected chi connectivity index (χ4v) is 4.95. The molecule has 3 aliphatic rings. The Morgan fingerprint density at radius 1 is 0.962 bits per heavy atom. The molecule has 0 radical (unpaired) electrons. The maximum absolute atomic E-state index is 13.5. The van der Waals surface area contributed by atoms with Gasteiger partial charge in [-0.1, -0.05) is 0 Å². The van der Waals surface area contributed by atoms with Crippen LogP contribution in [0.5, 0.6) is 0 Å². The molecule has 2 atom stereocenters. The lowest BCUT2D eigenvalue weighted by Crippen LogP contribution is -2.59. The predicted molar refractivity (Wildman–Crippen MR) is 99.9 cm³/mol. The van der Waals surface area contributed by atoms with Crippen molar-refractivity contribution in [3.8, 4) is 0 Å². The third-order valence-corrected chi connectivity index (χ3v) is 6.43. The Balaban J connectivity index is 1.72. The molecule has 4 N–H and O–H groups in total. The molecule has 0 aromatic heterocycles. The number of carboxylic acids is 1. The molecule has 3 heterocycles. The number of hydrogen-bond donors (Lipinski definition) is 4. The van der Waals surface area contributed by atoms with Crippen LogP contribution in [0.4, 0.5) is 0 Å². The Bertz CT molecular complexity index is 475. The van der Waals surface area contributed by atoms with Gasteiger partial charge in [0.15, 0.2) is 0 Å². The van der Waals surface area contributed by atoms with Gasteiger partial charge in [0.05, 0.1) is 0 Å². The summed E-state index contributed by atoms with van der Waals surface area (Å²) in [6.07, 6.45) is 4.74. The van der Waals surface area contributed by atoms with Gasteiger partial charge in [0.25, 0.3) is 0 Å². The van der Waals surface area contributed by atoms with E-state index >= 15 is 0 Å². The van der Waals surface area contributed by atoms with Crippen LogP contribution in [0.25, 0.3) is 0 Å². The van der Waals surface area contributed by atoms with E-state index in [1.807, 2.05) is 0 Å². The predicted octanol–water partition coefficient (Wildman–Crippen LogP) is 0.267. The minimum absolute atomic E-state index is 0.0877. The number of nitrogens with one attached hydrogen (secondary N) is 3. The first-order chi connectivity index (χ1) is 12.7. The average molecular weight is 367 g/mol. The van der Waals surface area contributed by atoms with Crippen LogP contribution in [0.15, 0.2) is 0 Å². The van der Waals surface area contributed by atoms with Crippen molar-refractivity contribution in [1.82, 2.24) is 20.9 Å². The molecule has 1 amide bonds. The Hall–Kier alpha value is -1.18. The lowest BCUT2D eigenvalue weighted by Gasteiger charge is -2.44. The third-order valence-electron chi connectivity index (χ3n) is 6.43. The van der Waals surface area contributed by atoms with E-state index in [0.29, 0.717) is 18.3 Å². The molecule has 7 nitrogen and oxygen atoms in total. The highest BCUT2D eigenvalue weighted by atomic mass is 16.4. The first-order valence-corrected chi connectivity index (χ1v) is 10.3. The van der Waals surface area contributed by atoms with Crippen molar-refractivity contribution in [2.75, 3.05) is 45.8 Å². The second-order valence-electron chi connectivity index (χ2n) is 8.02. The van der Waals surface area contributed by atoms with Crippen LogP contribution in [-0.4, -0.2) is 73.7 Å². The molecule has 3 rings (SSSR count). The van der Waals surface area contributed by atoms with Crippen molar-refractivity contribution >= 4 is 11.9 Å². The van der Waals surface area contributed by atoms with Gasteiger partial charge in [-0.2, -0.15) is 0 Å². The van der Waals surface area contributed by atoms with E-state index in [0.717, 1.165) is 71.5 Å². The first-order valence-electron chi connectivity index (χ1n) is 10.3. The molecule has 0 bridgehead atoms. The summed E-state index contributed by atoms with van der Waals surface area (Å²) in [6, 6.07) is 0.257. The summed E-state index contributed by atoms with van der Waals surface area (Å²) in [6.45, 7) is 6.38. The molecule has 26 heavy (non-hydrogen) atoms. The van der Waals surface area contributed by atoms with E-state index in [4.69, 9.17) is 5.11 Å². The smallest absolute Gasteiger partial charge is 0.303 e. The van der Waals surface area contributed by atoms with Crippen molar-refractivity contribution < 1.29 is 14.7 Å². The molecule has 0 saturated carbocycles. The van der Waals surface area contributed by atoms with Crippen LogP contribution >= 0.6 is 0 Å². The maximum Gasteiger partial charge on any atom is 0.303 e. The Morgan fingerprint density at radius 3 is 2.27 bits per heavy atom. The van der Waals surface area contributed by atoms with Crippen LogP contribution < -0.4 is 16.0 Å². The average Bonchev–Trinajstić information content (AvgIpc) is 2.69. The van der Waals surface area contributed by atoms with Gasteiger partial charge in [0.2, 0.25) is 5.91 Å². The fraction of sp³-hybridized carbons (Fsp3) is 0.895. The number of aliphatic carboxylic acids is 1. The van der Waals surface area contributed by atoms with Crippen LogP contribution in [0, 0.1) is 17.8 Å². The molecule has 3 aliphatic heterocycles. The van der Waals surface area contributed by atoms with Gasteiger partial charge in [-0.3, -0.25) is 9.59 Å². The van der Waals surface area contributed by atoms with Crippen LogP contribution in [0.2, 0.25) is 0 Å². The van der Waals surface area contributed by atoms with Crippen molar-refractivity contribution in [1.29, 1.82) is 0 Å². The molecule has 3 saturated heterocycles. The van der Waals surface area contributed by atoms with Crippen molar-refractivity contribution in [2.24, 2.45) is 17.8 Å². The molecular weight excluding hydrogens is 332 g/mol. The van der Waals surface area contributed by atoms with Gasteiger partial charge in [-0.15, -0.1) is 0 Å². The molecule has 0 spiro atoms. The lowest BCUT2D eigenvalue weighted by molar-refractivity contribution is -0.144. The van der Waals surface area contributed by atoms with E-state index in [1.54, 1.807) is 0 Å². The number of hydrogen-bond acceptors (Lipinski definition) is 5. The second-order valence-corrected chi connectivity index (χ2v) is 8.02. The van der Waals surface area contributed by atoms with Crippen molar-refractivity contribution in [2.45, 2.75) is 44.6 Å². The van der Waals surface area contributed by atoms with Crippen LogP contribution in [-0.2, 0) is 9.59 Å². The Kier molecular flexibility index (Phi) is 7.28. The van der Waals surface area contributed by atoms with E-state index in [2.05, 4.69) is 20.9 Å². The van der Waals surface area contributed by atoms with Crippen LogP contribution in [0.1, 0.15) is 38.5 Å². The lowest BCUT2D eigenvalue weighted by atomic mass is 9.80. The number of piperazine rings is 1. The highest BCUT2D eigenvalue weighted by Crippen LogP contribution is 2.31. The Labute approximate surface area is 156 Å². The maximum atomic E-state index is 13.5. The standard InChI is InChI=1S/C19H34N4O3/c24-18(25)2-1-16(14-3-7-20-8-4-14)19(26)23-12-11-22-13-17(23)15-5-9-21-10-6-15/h14-17,20-22H,1-13H2,(H,24,25). The highest BCUT2D eigenvalue weighted by Gasteiger charge is 2.39. The summed E-state index contributed by atoms with van der Waals surface area (Å²) in [5.74, 6) is 0.124. The zero-order valence-corrected chi connectivity index (χ0v) is 15.7.